The Labute approximate surface area is 121 Å². The quantitative estimate of drug-likeness (QED) is 0.889. The number of nitrogens with zero attached hydrogens (tertiary/aromatic N) is 1. The van der Waals surface area contributed by atoms with E-state index in [1.807, 2.05) is 13.0 Å². The zero-order valence-electron chi connectivity index (χ0n) is 11.5. The first-order valence-corrected chi connectivity index (χ1v) is 6.42. The van der Waals surface area contributed by atoms with Gasteiger partial charge in [-0.15, -0.1) is 0 Å². The van der Waals surface area contributed by atoms with Crippen molar-refractivity contribution in [1.82, 2.24) is 10.3 Å². The van der Waals surface area contributed by atoms with E-state index in [0.29, 0.717) is 6.54 Å². The SMILES string of the molecule is Cc1cnccc1CNCC(=O)Nc1c(F)cccc1F. The Morgan fingerprint density at radius 3 is 2.62 bits per heavy atom. The van der Waals surface area contributed by atoms with Crippen LogP contribution in [0.5, 0.6) is 0 Å². The summed E-state index contributed by atoms with van der Waals surface area (Å²) in [7, 11) is 0. The van der Waals surface area contributed by atoms with Gasteiger partial charge in [-0.2, -0.15) is 0 Å². The second-order valence-corrected chi connectivity index (χ2v) is 4.55. The number of para-hydroxylation sites is 1. The molecule has 0 unspecified atom stereocenters. The number of pyridine rings is 1. The summed E-state index contributed by atoms with van der Waals surface area (Å²) in [5.41, 5.74) is 1.59. The number of rotatable bonds is 5. The summed E-state index contributed by atoms with van der Waals surface area (Å²) in [5.74, 6) is -2.10. The predicted molar refractivity (Wildman–Crippen MR) is 75.7 cm³/mol. The minimum Gasteiger partial charge on any atom is -0.320 e. The predicted octanol–water partition coefficient (Wildman–Crippen LogP) is 2.40. The van der Waals surface area contributed by atoms with Crippen LogP contribution >= 0.6 is 0 Å². The van der Waals surface area contributed by atoms with Gasteiger partial charge >= 0.3 is 0 Å². The van der Waals surface area contributed by atoms with Crippen LogP contribution < -0.4 is 10.6 Å². The summed E-state index contributed by atoms with van der Waals surface area (Å²) >= 11 is 0. The Morgan fingerprint density at radius 1 is 1.24 bits per heavy atom. The number of aromatic nitrogens is 1. The van der Waals surface area contributed by atoms with E-state index in [1.54, 1.807) is 12.4 Å². The van der Waals surface area contributed by atoms with E-state index in [9.17, 15) is 13.6 Å². The van der Waals surface area contributed by atoms with Crippen LogP contribution in [0.15, 0.2) is 36.7 Å². The van der Waals surface area contributed by atoms with E-state index in [2.05, 4.69) is 15.6 Å². The Balaban J connectivity index is 1.87. The second kappa shape index (κ2) is 6.90. The van der Waals surface area contributed by atoms with E-state index in [0.717, 1.165) is 23.3 Å². The summed E-state index contributed by atoms with van der Waals surface area (Å²) in [6, 6.07) is 5.26. The molecular formula is C15H15F2N3O. The number of hydrogen-bond donors (Lipinski definition) is 2. The molecule has 4 nitrogen and oxygen atoms in total. The third kappa shape index (κ3) is 4.06. The lowest BCUT2D eigenvalue weighted by Crippen LogP contribution is -2.28. The van der Waals surface area contributed by atoms with Crippen molar-refractivity contribution in [3.8, 4) is 0 Å². The fourth-order valence-corrected chi connectivity index (χ4v) is 1.81. The van der Waals surface area contributed by atoms with Gasteiger partial charge in [0, 0.05) is 18.9 Å². The highest BCUT2D eigenvalue weighted by Crippen LogP contribution is 2.17. The Bertz CT molecular complexity index is 626. The molecule has 0 saturated carbocycles. The molecule has 0 radical (unpaired) electrons. The van der Waals surface area contributed by atoms with Gasteiger partial charge < -0.3 is 10.6 Å². The largest absolute Gasteiger partial charge is 0.320 e. The fraction of sp³-hybridized carbons (Fsp3) is 0.200. The first kappa shape index (κ1) is 15.1. The van der Waals surface area contributed by atoms with Crippen LogP contribution in [0.4, 0.5) is 14.5 Å². The van der Waals surface area contributed by atoms with Crippen LogP contribution in [0.1, 0.15) is 11.1 Å². The molecule has 0 aliphatic rings. The van der Waals surface area contributed by atoms with E-state index in [1.165, 1.54) is 6.07 Å². The lowest BCUT2D eigenvalue weighted by Gasteiger charge is -2.09. The standard InChI is InChI=1S/C15H15F2N3O/c1-10-7-18-6-5-11(10)8-19-9-14(21)20-15-12(16)3-2-4-13(15)17/h2-7,19H,8-9H2,1H3,(H,20,21). The fourth-order valence-electron chi connectivity index (χ4n) is 1.81. The lowest BCUT2D eigenvalue weighted by molar-refractivity contribution is -0.115. The van der Waals surface area contributed by atoms with Crippen molar-refractivity contribution in [3.05, 3.63) is 59.4 Å². The first-order valence-electron chi connectivity index (χ1n) is 6.42. The number of benzene rings is 1. The van der Waals surface area contributed by atoms with Crippen LogP contribution in [0.3, 0.4) is 0 Å². The molecule has 0 fully saturated rings. The zero-order valence-corrected chi connectivity index (χ0v) is 11.5. The Kier molecular flexibility index (Phi) is 4.94. The normalized spacial score (nSPS) is 10.4. The van der Waals surface area contributed by atoms with Crippen molar-refractivity contribution in [3.63, 3.8) is 0 Å². The maximum atomic E-state index is 13.4. The van der Waals surface area contributed by atoms with Crippen molar-refractivity contribution in [1.29, 1.82) is 0 Å². The van der Waals surface area contributed by atoms with Crippen LogP contribution in [0.25, 0.3) is 0 Å². The second-order valence-electron chi connectivity index (χ2n) is 4.55. The van der Waals surface area contributed by atoms with Gasteiger partial charge in [0.1, 0.15) is 17.3 Å². The molecule has 2 N–H and O–H groups in total. The molecule has 0 bridgehead atoms. The Morgan fingerprint density at radius 2 is 1.95 bits per heavy atom. The number of halogens is 2. The van der Waals surface area contributed by atoms with Gasteiger partial charge in [0.2, 0.25) is 5.91 Å². The molecule has 2 aromatic rings. The van der Waals surface area contributed by atoms with Crippen molar-refractivity contribution in [2.75, 3.05) is 11.9 Å². The van der Waals surface area contributed by atoms with Gasteiger partial charge in [-0.1, -0.05) is 6.07 Å². The number of aryl methyl sites for hydroxylation is 1. The van der Waals surface area contributed by atoms with Crippen LogP contribution in [-0.2, 0) is 11.3 Å². The van der Waals surface area contributed by atoms with E-state index < -0.39 is 23.2 Å². The maximum Gasteiger partial charge on any atom is 0.238 e. The monoisotopic (exact) mass is 291 g/mol. The van der Waals surface area contributed by atoms with Gasteiger partial charge in [0.15, 0.2) is 0 Å². The molecule has 110 valence electrons. The van der Waals surface area contributed by atoms with Crippen molar-refractivity contribution >= 4 is 11.6 Å². The summed E-state index contributed by atoms with van der Waals surface area (Å²) in [6.45, 7) is 2.34. The molecular weight excluding hydrogens is 276 g/mol. The summed E-state index contributed by atoms with van der Waals surface area (Å²) in [5, 5.41) is 5.13. The molecule has 0 spiro atoms. The van der Waals surface area contributed by atoms with Gasteiger partial charge in [-0.05, 0) is 36.2 Å². The van der Waals surface area contributed by atoms with Gasteiger partial charge in [0.25, 0.3) is 0 Å². The average Bonchev–Trinajstić information content (AvgIpc) is 2.45. The van der Waals surface area contributed by atoms with E-state index >= 15 is 0 Å². The number of carbonyl (C=O) groups is 1. The van der Waals surface area contributed by atoms with Crippen molar-refractivity contribution < 1.29 is 13.6 Å². The van der Waals surface area contributed by atoms with Gasteiger partial charge in [-0.3, -0.25) is 9.78 Å². The van der Waals surface area contributed by atoms with Crippen LogP contribution in [-0.4, -0.2) is 17.4 Å². The molecule has 1 aromatic carbocycles. The first-order chi connectivity index (χ1) is 10.1. The molecule has 2 rings (SSSR count). The minimum absolute atomic E-state index is 0.0461. The van der Waals surface area contributed by atoms with E-state index in [4.69, 9.17) is 0 Å². The summed E-state index contributed by atoms with van der Waals surface area (Å²) < 4.78 is 26.7. The highest BCUT2D eigenvalue weighted by atomic mass is 19.1. The molecule has 0 atom stereocenters. The van der Waals surface area contributed by atoms with Crippen LogP contribution in [0.2, 0.25) is 0 Å². The molecule has 21 heavy (non-hydrogen) atoms. The van der Waals surface area contributed by atoms with Crippen molar-refractivity contribution in [2.45, 2.75) is 13.5 Å². The zero-order chi connectivity index (χ0) is 15.2. The number of amides is 1. The Hall–Kier alpha value is -2.34. The number of nitrogens with one attached hydrogen (secondary N) is 2. The lowest BCUT2D eigenvalue weighted by atomic mass is 10.1. The maximum absolute atomic E-state index is 13.4. The number of hydrogen-bond acceptors (Lipinski definition) is 3. The molecule has 1 heterocycles. The smallest absolute Gasteiger partial charge is 0.238 e. The molecule has 0 saturated heterocycles. The molecule has 6 heteroatoms. The summed E-state index contributed by atoms with van der Waals surface area (Å²) in [4.78, 5) is 15.6. The van der Waals surface area contributed by atoms with E-state index in [-0.39, 0.29) is 6.54 Å². The van der Waals surface area contributed by atoms with Gasteiger partial charge in [-0.25, -0.2) is 8.78 Å². The van der Waals surface area contributed by atoms with Crippen molar-refractivity contribution in [2.24, 2.45) is 0 Å². The average molecular weight is 291 g/mol. The number of carbonyl (C=O) groups excluding carboxylic acids is 1. The molecule has 1 amide bonds. The van der Waals surface area contributed by atoms with Gasteiger partial charge in [0.05, 0.1) is 6.54 Å². The molecule has 0 aliphatic heterocycles. The third-order valence-corrected chi connectivity index (χ3v) is 2.96. The minimum atomic E-state index is -0.798. The third-order valence-electron chi connectivity index (χ3n) is 2.96. The summed E-state index contributed by atoms with van der Waals surface area (Å²) in [6.07, 6.45) is 3.39. The highest BCUT2D eigenvalue weighted by Gasteiger charge is 2.11. The molecule has 0 aliphatic carbocycles. The number of anilines is 1. The topological polar surface area (TPSA) is 54.0 Å². The highest BCUT2D eigenvalue weighted by molar-refractivity contribution is 5.92. The van der Waals surface area contributed by atoms with Crippen LogP contribution in [0, 0.1) is 18.6 Å². The molecule has 1 aromatic heterocycles.